The average Bonchev–Trinajstić information content (AvgIpc) is 2.93. The molecule has 0 radical (unpaired) electrons. The number of aliphatic hydroxyl groups is 1. The van der Waals surface area contributed by atoms with E-state index in [1.165, 1.54) is 0 Å². The van der Waals surface area contributed by atoms with Crippen LogP contribution in [0.5, 0.6) is 0 Å². The van der Waals surface area contributed by atoms with Crippen LogP contribution in [0.3, 0.4) is 0 Å². The van der Waals surface area contributed by atoms with Crippen molar-refractivity contribution >= 4 is 5.91 Å². The summed E-state index contributed by atoms with van der Waals surface area (Å²) < 4.78 is 5.29. The zero-order valence-electron chi connectivity index (χ0n) is 13.9. The van der Waals surface area contributed by atoms with Crippen LogP contribution in [0.1, 0.15) is 32.9 Å². The molecule has 2 aromatic rings. The molecule has 2 rings (SSSR count). The molecule has 1 atom stereocenters. The molecule has 0 saturated heterocycles. The van der Waals surface area contributed by atoms with Crippen LogP contribution in [0.2, 0.25) is 0 Å². The molecule has 124 valence electrons. The summed E-state index contributed by atoms with van der Waals surface area (Å²) in [5.74, 6) is 0.555. The van der Waals surface area contributed by atoms with E-state index in [0.717, 1.165) is 5.56 Å². The fourth-order valence-electron chi connectivity index (χ4n) is 2.57. The van der Waals surface area contributed by atoms with E-state index in [1.807, 2.05) is 44.2 Å². The molecular weight excluding hydrogens is 292 g/mol. The van der Waals surface area contributed by atoms with Gasteiger partial charge in [0.15, 0.2) is 5.76 Å². The molecule has 1 amide bonds. The minimum absolute atomic E-state index is 0.100. The molecule has 0 bridgehead atoms. The minimum Gasteiger partial charge on any atom is -0.393 e. The second-order valence-corrected chi connectivity index (χ2v) is 6.72. The van der Waals surface area contributed by atoms with Crippen LogP contribution in [0.25, 0.3) is 11.3 Å². The van der Waals surface area contributed by atoms with Crippen LogP contribution >= 0.6 is 0 Å². The Labute approximate surface area is 136 Å². The number of carbonyl (C=O) groups excluding carboxylic acids is 1. The molecule has 1 heterocycles. The van der Waals surface area contributed by atoms with Crippen molar-refractivity contribution in [1.29, 1.82) is 0 Å². The van der Waals surface area contributed by atoms with Crippen LogP contribution in [0.4, 0.5) is 0 Å². The largest absolute Gasteiger partial charge is 0.393 e. The van der Waals surface area contributed by atoms with Gasteiger partial charge < -0.3 is 14.9 Å². The van der Waals surface area contributed by atoms with Crippen LogP contribution in [0.15, 0.2) is 40.9 Å². The van der Waals surface area contributed by atoms with Crippen LogP contribution in [-0.2, 0) is 11.2 Å². The van der Waals surface area contributed by atoms with Gasteiger partial charge in [0.1, 0.15) is 0 Å². The first kappa shape index (κ1) is 17.2. The lowest BCUT2D eigenvalue weighted by Gasteiger charge is -2.26. The molecule has 0 aliphatic rings. The number of hydrogen-bond donors (Lipinski definition) is 2. The Morgan fingerprint density at radius 1 is 1.35 bits per heavy atom. The summed E-state index contributed by atoms with van der Waals surface area (Å²) in [6.07, 6.45) is 0.433. The van der Waals surface area contributed by atoms with Gasteiger partial charge in [-0.1, -0.05) is 49.3 Å². The van der Waals surface area contributed by atoms with Crippen LogP contribution in [-0.4, -0.2) is 28.8 Å². The molecule has 0 spiro atoms. The molecule has 0 unspecified atom stereocenters. The van der Waals surface area contributed by atoms with Gasteiger partial charge in [-0.3, -0.25) is 4.79 Å². The number of nitrogens with zero attached hydrogens (tertiary/aromatic N) is 1. The summed E-state index contributed by atoms with van der Waals surface area (Å²) in [5, 5.41) is 16.3. The number of carbonyl (C=O) groups is 1. The molecule has 1 aromatic heterocycles. The Morgan fingerprint density at radius 3 is 2.70 bits per heavy atom. The monoisotopic (exact) mass is 316 g/mol. The highest BCUT2D eigenvalue weighted by atomic mass is 16.5. The SMILES string of the molecule is C[C@@H](O)CC(C)(C)CNC(=O)Cc1cc(-c2ccccc2)on1. The van der Waals surface area contributed by atoms with E-state index in [9.17, 15) is 9.90 Å². The minimum atomic E-state index is -0.383. The van der Waals surface area contributed by atoms with E-state index in [0.29, 0.717) is 24.4 Å². The lowest BCUT2D eigenvalue weighted by molar-refractivity contribution is -0.121. The lowest BCUT2D eigenvalue weighted by atomic mass is 9.87. The van der Waals surface area contributed by atoms with Crippen molar-refractivity contribution in [2.45, 2.75) is 39.7 Å². The number of aromatic nitrogens is 1. The van der Waals surface area contributed by atoms with Gasteiger partial charge >= 0.3 is 0 Å². The third kappa shape index (κ3) is 5.53. The van der Waals surface area contributed by atoms with E-state index in [4.69, 9.17) is 4.52 Å². The van der Waals surface area contributed by atoms with Crippen LogP contribution in [0, 0.1) is 5.41 Å². The third-order valence-corrected chi connectivity index (χ3v) is 3.57. The first-order chi connectivity index (χ1) is 10.9. The van der Waals surface area contributed by atoms with Gasteiger partial charge in [-0.25, -0.2) is 0 Å². The fraction of sp³-hybridized carbons (Fsp3) is 0.444. The molecule has 0 fully saturated rings. The maximum atomic E-state index is 12.0. The van der Waals surface area contributed by atoms with Crippen molar-refractivity contribution in [2.75, 3.05) is 6.54 Å². The second-order valence-electron chi connectivity index (χ2n) is 6.72. The van der Waals surface area contributed by atoms with E-state index < -0.39 is 0 Å². The number of hydrogen-bond acceptors (Lipinski definition) is 4. The maximum absolute atomic E-state index is 12.0. The van der Waals surface area contributed by atoms with Gasteiger partial charge in [-0.15, -0.1) is 0 Å². The quantitative estimate of drug-likeness (QED) is 0.823. The normalized spacial score (nSPS) is 12.9. The van der Waals surface area contributed by atoms with E-state index in [2.05, 4.69) is 10.5 Å². The van der Waals surface area contributed by atoms with Gasteiger partial charge in [0.2, 0.25) is 5.91 Å². The van der Waals surface area contributed by atoms with Gasteiger partial charge in [0.05, 0.1) is 18.2 Å². The molecule has 5 nitrogen and oxygen atoms in total. The molecular formula is C18H24N2O3. The highest BCUT2D eigenvalue weighted by molar-refractivity contribution is 5.78. The van der Waals surface area contributed by atoms with Crippen LogP contribution < -0.4 is 5.32 Å². The van der Waals surface area contributed by atoms with Gasteiger partial charge in [0, 0.05) is 18.2 Å². The van der Waals surface area contributed by atoms with Gasteiger partial charge in [0.25, 0.3) is 0 Å². The van der Waals surface area contributed by atoms with Crippen molar-refractivity contribution in [2.24, 2.45) is 5.41 Å². The first-order valence-corrected chi connectivity index (χ1v) is 7.81. The van der Waals surface area contributed by atoms with Crippen molar-refractivity contribution < 1.29 is 14.4 Å². The Hall–Kier alpha value is -2.14. The molecule has 0 aliphatic carbocycles. The van der Waals surface area contributed by atoms with E-state index >= 15 is 0 Å². The summed E-state index contributed by atoms with van der Waals surface area (Å²) in [5.41, 5.74) is 1.39. The van der Waals surface area contributed by atoms with Gasteiger partial charge in [-0.05, 0) is 18.8 Å². The fourth-order valence-corrected chi connectivity index (χ4v) is 2.57. The second kappa shape index (κ2) is 7.42. The zero-order chi connectivity index (χ0) is 16.9. The zero-order valence-corrected chi connectivity index (χ0v) is 13.9. The van der Waals surface area contributed by atoms with Gasteiger partial charge in [-0.2, -0.15) is 0 Å². The Bertz CT molecular complexity index is 633. The van der Waals surface area contributed by atoms with E-state index in [1.54, 1.807) is 13.0 Å². The Morgan fingerprint density at radius 2 is 2.04 bits per heavy atom. The lowest BCUT2D eigenvalue weighted by Crippen LogP contribution is -2.36. The maximum Gasteiger partial charge on any atom is 0.226 e. The number of rotatable bonds is 7. The summed E-state index contributed by atoms with van der Waals surface area (Å²) in [6, 6.07) is 11.4. The number of benzene rings is 1. The standard InChI is InChI=1S/C18H24N2O3/c1-13(21)11-18(2,3)12-19-17(22)10-15-9-16(23-20-15)14-7-5-4-6-8-14/h4-9,13,21H,10-12H2,1-3H3,(H,19,22)/t13-/m1/s1. The highest BCUT2D eigenvalue weighted by Gasteiger charge is 2.21. The summed E-state index contributed by atoms with van der Waals surface area (Å²) in [6.45, 7) is 6.30. The first-order valence-electron chi connectivity index (χ1n) is 7.81. The summed E-state index contributed by atoms with van der Waals surface area (Å²) >= 11 is 0. The smallest absolute Gasteiger partial charge is 0.226 e. The number of nitrogens with one attached hydrogen (secondary N) is 1. The number of aliphatic hydroxyl groups excluding tert-OH is 1. The predicted octanol–water partition coefficient (Wildman–Crippen LogP) is 2.80. The summed E-state index contributed by atoms with van der Waals surface area (Å²) in [7, 11) is 0. The third-order valence-electron chi connectivity index (χ3n) is 3.57. The van der Waals surface area contributed by atoms with Crippen molar-refractivity contribution in [3.63, 3.8) is 0 Å². The molecule has 5 heteroatoms. The van der Waals surface area contributed by atoms with Crippen molar-refractivity contribution in [3.8, 4) is 11.3 Å². The molecule has 0 aliphatic heterocycles. The molecule has 1 aromatic carbocycles. The molecule has 23 heavy (non-hydrogen) atoms. The highest BCUT2D eigenvalue weighted by Crippen LogP contribution is 2.22. The van der Waals surface area contributed by atoms with E-state index in [-0.39, 0.29) is 23.8 Å². The molecule has 2 N–H and O–H groups in total. The topological polar surface area (TPSA) is 75.4 Å². The summed E-state index contributed by atoms with van der Waals surface area (Å²) in [4.78, 5) is 12.0. The Kier molecular flexibility index (Phi) is 5.55. The molecule has 0 saturated carbocycles. The van der Waals surface area contributed by atoms with Crippen molar-refractivity contribution in [3.05, 3.63) is 42.1 Å². The van der Waals surface area contributed by atoms with Crippen molar-refractivity contribution in [1.82, 2.24) is 10.5 Å². The Balaban J connectivity index is 1.88. The number of amides is 1. The average molecular weight is 316 g/mol. The predicted molar refractivity (Wildman–Crippen MR) is 88.7 cm³/mol.